The van der Waals surface area contributed by atoms with Crippen molar-refractivity contribution >= 4 is 29.2 Å². The van der Waals surface area contributed by atoms with Crippen molar-refractivity contribution in [2.45, 2.75) is 65.5 Å². The monoisotopic (exact) mass is 520 g/mol. The number of hydrogen-bond acceptors (Lipinski definition) is 6. The molecule has 0 bridgehead atoms. The number of amides is 3. The fourth-order valence-corrected chi connectivity index (χ4v) is 3.88. The number of nitrogens with one attached hydrogen (secondary N) is 2. The molecular weight excluding hydrogens is 484 g/mol. The molecule has 0 aliphatic heterocycles. The standard InChI is InChI=1S/C29H36N4O5/c1-7-29(4,5)31-28(36)27(21-11-13-23(37-6)14-12-21)33(22-10-8-9-19(2)17-22)26(35)16-15-25(34)30-24-18-20(3)38-32-24/h8-14,17-18,27H,7,15-16H2,1-6H3,(H,31,36)(H,30,32,34)/t27-/m0/s1. The first kappa shape index (κ1) is 28.4. The summed E-state index contributed by atoms with van der Waals surface area (Å²) in [6, 6.07) is 15.1. The summed E-state index contributed by atoms with van der Waals surface area (Å²) in [7, 11) is 1.57. The second-order valence-electron chi connectivity index (χ2n) is 9.88. The van der Waals surface area contributed by atoms with Gasteiger partial charge in [-0.25, -0.2) is 0 Å². The molecule has 0 fully saturated rings. The van der Waals surface area contributed by atoms with Gasteiger partial charge in [-0.05, 0) is 69.5 Å². The Hall–Kier alpha value is -4.14. The Morgan fingerprint density at radius 3 is 2.34 bits per heavy atom. The van der Waals surface area contributed by atoms with Crippen LogP contribution in [0.1, 0.15) is 63.0 Å². The van der Waals surface area contributed by atoms with Gasteiger partial charge in [0.2, 0.25) is 17.7 Å². The highest BCUT2D eigenvalue weighted by atomic mass is 16.5. The van der Waals surface area contributed by atoms with E-state index in [4.69, 9.17) is 9.26 Å². The van der Waals surface area contributed by atoms with Crippen molar-refractivity contribution < 1.29 is 23.6 Å². The molecular formula is C29H36N4O5. The number of methoxy groups -OCH3 is 1. The molecule has 38 heavy (non-hydrogen) atoms. The van der Waals surface area contributed by atoms with Gasteiger partial charge in [-0.3, -0.25) is 19.3 Å². The molecule has 0 saturated carbocycles. The number of hydrogen-bond donors (Lipinski definition) is 2. The molecule has 2 aromatic carbocycles. The number of ether oxygens (including phenoxy) is 1. The summed E-state index contributed by atoms with van der Waals surface area (Å²) in [5, 5.41) is 9.48. The largest absolute Gasteiger partial charge is 0.497 e. The van der Waals surface area contributed by atoms with Crippen LogP contribution in [0.5, 0.6) is 5.75 Å². The second kappa shape index (κ2) is 12.4. The number of aryl methyl sites for hydroxylation is 2. The van der Waals surface area contributed by atoms with Crippen molar-refractivity contribution in [3.8, 4) is 5.75 Å². The molecule has 1 aromatic heterocycles. The zero-order chi connectivity index (χ0) is 27.9. The highest BCUT2D eigenvalue weighted by Crippen LogP contribution is 2.31. The number of anilines is 2. The lowest BCUT2D eigenvalue weighted by Crippen LogP contribution is -2.50. The summed E-state index contributed by atoms with van der Waals surface area (Å²) in [6.45, 7) is 9.49. The molecule has 9 nitrogen and oxygen atoms in total. The summed E-state index contributed by atoms with van der Waals surface area (Å²) in [4.78, 5) is 41.7. The first-order valence-electron chi connectivity index (χ1n) is 12.6. The molecule has 0 saturated heterocycles. The maximum absolute atomic E-state index is 13.8. The van der Waals surface area contributed by atoms with Crippen LogP contribution in [0, 0.1) is 13.8 Å². The van der Waals surface area contributed by atoms with Crippen LogP contribution in [0.25, 0.3) is 0 Å². The van der Waals surface area contributed by atoms with Crippen molar-refractivity contribution in [2.24, 2.45) is 0 Å². The van der Waals surface area contributed by atoms with E-state index in [1.165, 1.54) is 4.90 Å². The van der Waals surface area contributed by atoms with Crippen LogP contribution in [0.4, 0.5) is 11.5 Å². The van der Waals surface area contributed by atoms with Crippen molar-refractivity contribution in [1.82, 2.24) is 10.5 Å². The summed E-state index contributed by atoms with van der Waals surface area (Å²) in [5.41, 5.74) is 1.63. The predicted molar refractivity (Wildman–Crippen MR) is 146 cm³/mol. The van der Waals surface area contributed by atoms with E-state index in [2.05, 4.69) is 15.8 Å². The SMILES string of the molecule is CCC(C)(C)NC(=O)[C@H](c1ccc(OC)cc1)N(C(=O)CCC(=O)Nc1cc(C)on1)c1cccc(C)c1. The summed E-state index contributed by atoms with van der Waals surface area (Å²) in [6.07, 6.45) is 0.492. The van der Waals surface area contributed by atoms with Gasteiger partial charge in [0.15, 0.2) is 5.82 Å². The maximum Gasteiger partial charge on any atom is 0.248 e. The van der Waals surface area contributed by atoms with Gasteiger partial charge in [0.1, 0.15) is 17.6 Å². The number of carbonyl (C=O) groups is 3. The van der Waals surface area contributed by atoms with Gasteiger partial charge in [0.05, 0.1) is 7.11 Å². The van der Waals surface area contributed by atoms with Gasteiger partial charge >= 0.3 is 0 Å². The average Bonchev–Trinajstić information content (AvgIpc) is 3.29. The number of carbonyl (C=O) groups excluding carboxylic acids is 3. The summed E-state index contributed by atoms with van der Waals surface area (Å²) < 4.78 is 10.3. The van der Waals surface area contributed by atoms with Crippen LogP contribution in [0.3, 0.4) is 0 Å². The Bertz CT molecular complexity index is 1270. The first-order valence-corrected chi connectivity index (χ1v) is 12.6. The number of aromatic nitrogens is 1. The van der Waals surface area contributed by atoms with E-state index in [-0.39, 0.29) is 36.4 Å². The molecule has 0 aliphatic rings. The lowest BCUT2D eigenvalue weighted by molar-refractivity contribution is -0.128. The van der Waals surface area contributed by atoms with E-state index in [9.17, 15) is 14.4 Å². The Morgan fingerprint density at radius 2 is 1.76 bits per heavy atom. The van der Waals surface area contributed by atoms with Gasteiger partial charge < -0.3 is 19.9 Å². The van der Waals surface area contributed by atoms with Gasteiger partial charge in [-0.15, -0.1) is 0 Å². The average molecular weight is 521 g/mol. The third kappa shape index (κ3) is 7.44. The molecule has 0 radical (unpaired) electrons. The predicted octanol–water partition coefficient (Wildman–Crippen LogP) is 5.10. The minimum Gasteiger partial charge on any atom is -0.497 e. The molecule has 0 spiro atoms. The van der Waals surface area contributed by atoms with Gasteiger partial charge in [-0.1, -0.05) is 36.3 Å². The van der Waals surface area contributed by atoms with Crippen LogP contribution >= 0.6 is 0 Å². The Morgan fingerprint density at radius 1 is 1.05 bits per heavy atom. The number of rotatable bonds is 11. The highest BCUT2D eigenvalue weighted by molar-refractivity contribution is 6.03. The van der Waals surface area contributed by atoms with Crippen molar-refractivity contribution in [2.75, 3.05) is 17.3 Å². The molecule has 3 aromatic rings. The van der Waals surface area contributed by atoms with Crippen LogP contribution in [0.15, 0.2) is 59.1 Å². The van der Waals surface area contributed by atoms with Crippen molar-refractivity contribution in [1.29, 1.82) is 0 Å². The lowest BCUT2D eigenvalue weighted by atomic mass is 9.97. The Labute approximate surface area is 223 Å². The second-order valence-corrected chi connectivity index (χ2v) is 9.88. The molecule has 3 rings (SSSR count). The molecule has 0 aliphatic carbocycles. The molecule has 202 valence electrons. The molecule has 9 heteroatoms. The zero-order valence-electron chi connectivity index (χ0n) is 22.8. The van der Waals surface area contributed by atoms with Crippen molar-refractivity contribution in [3.63, 3.8) is 0 Å². The Balaban J connectivity index is 1.97. The lowest BCUT2D eigenvalue weighted by Gasteiger charge is -2.35. The van der Waals surface area contributed by atoms with Gasteiger partial charge in [-0.2, -0.15) is 0 Å². The Kier molecular flexibility index (Phi) is 9.28. The molecule has 1 heterocycles. The summed E-state index contributed by atoms with van der Waals surface area (Å²) in [5.74, 6) is 0.410. The van der Waals surface area contributed by atoms with Gasteiger partial charge in [0.25, 0.3) is 0 Å². The third-order valence-electron chi connectivity index (χ3n) is 6.29. The number of nitrogens with zero attached hydrogens (tertiary/aromatic N) is 2. The number of benzene rings is 2. The van der Waals surface area contributed by atoms with Crippen LogP contribution in [0.2, 0.25) is 0 Å². The first-order chi connectivity index (χ1) is 18.0. The van der Waals surface area contributed by atoms with Crippen LogP contribution in [-0.2, 0) is 14.4 Å². The minimum atomic E-state index is -0.970. The fourth-order valence-electron chi connectivity index (χ4n) is 3.88. The minimum absolute atomic E-state index is 0.0928. The van der Waals surface area contributed by atoms with E-state index >= 15 is 0 Å². The third-order valence-corrected chi connectivity index (χ3v) is 6.29. The van der Waals surface area contributed by atoms with E-state index in [0.29, 0.717) is 29.2 Å². The van der Waals surface area contributed by atoms with E-state index in [1.54, 1.807) is 50.4 Å². The van der Waals surface area contributed by atoms with Gasteiger partial charge in [0, 0.05) is 30.1 Å². The maximum atomic E-state index is 13.8. The topological polar surface area (TPSA) is 114 Å². The molecule has 1 atom stereocenters. The smallest absolute Gasteiger partial charge is 0.248 e. The van der Waals surface area contributed by atoms with Crippen molar-refractivity contribution in [3.05, 3.63) is 71.5 Å². The van der Waals surface area contributed by atoms with E-state index < -0.39 is 11.6 Å². The molecule has 2 N–H and O–H groups in total. The normalized spacial score (nSPS) is 11.9. The summed E-state index contributed by atoms with van der Waals surface area (Å²) >= 11 is 0. The van der Waals surface area contributed by atoms with E-state index in [1.807, 2.05) is 45.9 Å². The highest BCUT2D eigenvalue weighted by Gasteiger charge is 2.35. The zero-order valence-corrected chi connectivity index (χ0v) is 22.8. The van der Waals surface area contributed by atoms with E-state index in [0.717, 1.165) is 5.56 Å². The van der Waals surface area contributed by atoms with Crippen LogP contribution in [-0.4, -0.2) is 35.5 Å². The quantitative estimate of drug-likeness (QED) is 0.364. The fraction of sp³-hybridized carbons (Fsp3) is 0.379. The molecule has 3 amide bonds. The van der Waals surface area contributed by atoms with Crippen LogP contribution < -0.4 is 20.3 Å². The molecule has 0 unspecified atom stereocenters.